The molecule has 0 amide bonds. The molecule has 0 aliphatic rings. The van der Waals surface area contributed by atoms with E-state index in [1.54, 1.807) is 6.92 Å². The predicted octanol–water partition coefficient (Wildman–Crippen LogP) is 0.827. The number of carbonyl (C=O) groups excluding carboxylic acids is 2. The summed E-state index contributed by atoms with van der Waals surface area (Å²) < 4.78 is 4.64. The summed E-state index contributed by atoms with van der Waals surface area (Å²) in [5.41, 5.74) is 0. The van der Waals surface area contributed by atoms with Crippen LogP contribution in [0.15, 0.2) is 0 Å². The van der Waals surface area contributed by atoms with Gasteiger partial charge in [-0.25, -0.2) is 0 Å². The van der Waals surface area contributed by atoms with E-state index < -0.39 is 11.2 Å². The molecule has 64 valence electrons. The molecule has 0 saturated heterocycles. The summed E-state index contributed by atoms with van der Waals surface area (Å²) in [7, 11) is 0. The fraction of sp³-hybridized carbons (Fsp3) is 0.714. The summed E-state index contributed by atoms with van der Waals surface area (Å²) in [6.45, 7) is 3.46. The van der Waals surface area contributed by atoms with Crippen LogP contribution in [0.2, 0.25) is 0 Å². The van der Waals surface area contributed by atoms with Crippen LogP contribution in [0.4, 0.5) is 0 Å². The highest BCUT2D eigenvalue weighted by Crippen LogP contribution is 2.04. The average Bonchev–Trinajstić information content (AvgIpc) is 1.86. The first kappa shape index (κ1) is 10.5. The zero-order valence-corrected chi connectivity index (χ0v) is 7.56. The molecule has 0 aliphatic carbocycles. The van der Waals surface area contributed by atoms with Crippen LogP contribution >= 0.6 is 12.6 Å². The number of hydrogen-bond acceptors (Lipinski definition) is 4. The molecule has 0 aliphatic heterocycles. The highest BCUT2D eigenvalue weighted by molar-refractivity contribution is 7.81. The Kier molecular flexibility index (Phi) is 4.94. The molecular weight excluding hydrogens is 164 g/mol. The lowest BCUT2D eigenvalue weighted by Gasteiger charge is -2.06. The third kappa shape index (κ3) is 4.84. The molecule has 0 aromatic carbocycles. The summed E-state index contributed by atoms with van der Waals surface area (Å²) in [6.07, 6.45) is 0.141. The normalized spacial score (nSPS) is 12.3. The SMILES string of the molecule is CCOC(=O)C(S)CC(C)=O. The molecule has 0 bridgehead atoms. The zero-order valence-electron chi connectivity index (χ0n) is 6.66. The lowest BCUT2D eigenvalue weighted by molar-refractivity contribution is -0.143. The Morgan fingerprint density at radius 1 is 1.55 bits per heavy atom. The molecule has 0 spiro atoms. The number of hydrogen-bond donors (Lipinski definition) is 1. The Balaban J connectivity index is 3.73. The van der Waals surface area contributed by atoms with Gasteiger partial charge in [0.05, 0.1) is 6.61 Å². The molecule has 4 heteroatoms. The van der Waals surface area contributed by atoms with Crippen molar-refractivity contribution in [1.82, 2.24) is 0 Å². The lowest BCUT2D eigenvalue weighted by Crippen LogP contribution is -2.20. The van der Waals surface area contributed by atoms with Crippen LogP contribution in [0.1, 0.15) is 20.3 Å². The number of Topliss-reactive ketones (excluding diaryl/α,β-unsaturated/α-hetero) is 1. The molecule has 0 N–H and O–H groups in total. The first-order valence-corrected chi connectivity index (χ1v) is 3.93. The van der Waals surface area contributed by atoms with Crippen LogP contribution in [0, 0.1) is 0 Å². The maximum absolute atomic E-state index is 10.8. The molecule has 11 heavy (non-hydrogen) atoms. The van der Waals surface area contributed by atoms with Gasteiger partial charge in [-0.2, -0.15) is 12.6 Å². The molecule has 0 heterocycles. The minimum atomic E-state index is -0.604. The first-order valence-electron chi connectivity index (χ1n) is 3.42. The van der Waals surface area contributed by atoms with Crippen molar-refractivity contribution in [3.8, 4) is 0 Å². The Hall–Kier alpha value is -0.510. The van der Waals surface area contributed by atoms with E-state index in [1.807, 2.05) is 0 Å². The third-order valence-corrected chi connectivity index (χ3v) is 1.43. The molecule has 0 saturated carbocycles. The van der Waals surface area contributed by atoms with Gasteiger partial charge in [-0.1, -0.05) is 0 Å². The van der Waals surface area contributed by atoms with Gasteiger partial charge in [0.2, 0.25) is 0 Å². The molecule has 0 fully saturated rings. The summed E-state index contributed by atoms with van der Waals surface area (Å²) in [4.78, 5) is 21.3. The van der Waals surface area contributed by atoms with Crippen molar-refractivity contribution in [3.05, 3.63) is 0 Å². The fourth-order valence-electron chi connectivity index (χ4n) is 0.594. The van der Waals surface area contributed by atoms with E-state index >= 15 is 0 Å². The standard InChI is InChI=1S/C7H12O3S/c1-3-10-7(9)6(11)4-5(2)8/h6,11H,3-4H2,1-2H3. The van der Waals surface area contributed by atoms with Crippen molar-refractivity contribution in [2.75, 3.05) is 6.61 Å². The second kappa shape index (κ2) is 5.18. The van der Waals surface area contributed by atoms with Crippen LogP contribution in [0.5, 0.6) is 0 Å². The van der Waals surface area contributed by atoms with Crippen molar-refractivity contribution >= 4 is 24.4 Å². The molecule has 0 radical (unpaired) electrons. The smallest absolute Gasteiger partial charge is 0.319 e. The van der Waals surface area contributed by atoms with Gasteiger partial charge in [-0.3, -0.25) is 9.59 Å². The van der Waals surface area contributed by atoms with Gasteiger partial charge in [0, 0.05) is 6.42 Å². The quantitative estimate of drug-likeness (QED) is 0.509. The van der Waals surface area contributed by atoms with Crippen molar-refractivity contribution in [3.63, 3.8) is 0 Å². The Labute approximate surface area is 71.5 Å². The first-order chi connectivity index (χ1) is 5.07. The second-order valence-corrected chi connectivity index (χ2v) is 2.80. The van der Waals surface area contributed by atoms with Gasteiger partial charge >= 0.3 is 5.97 Å². The molecule has 1 atom stereocenters. The van der Waals surface area contributed by atoms with E-state index in [4.69, 9.17) is 0 Å². The minimum Gasteiger partial charge on any atom is -0.465 e. The molecule has 1 unspecified atom stereocenters. The topological polar surface area (TPSA) is 43.4 Å². The maximum atomic E-state index is 10.8. The predicted molar refractivity (Wildman–Crippen MR) is 44.7 cm³/mol. The van der Waals surface area contributed by atoms with Crippen LogP contribution < -0.4 is 0 Å². The number of esters is 1. The number of rotatable bonds is 4. The largest absolute Gasteiger partial charge is 0.465 e. The third-order valence-electron chi connectivity index (χ3n) is 1.04. The van der Waals surface area contributed by atoms with E-state index in [2.05, 4.69) is 17.4 Å². The number of thiol groups is 1. The number of ketones is 1. The summed E-state index contributed by atoms with van der Waals surface area (Å²) >= 11 is 3.90. The van der Waals surface area contributed by atoms with Crippen LogP contribution in [-0.2, 0) is 14.3 Å². The summed E-state index contributed by atoms with van der Waals surface area (Å²) in [6, 6.07) is 0. The van der Waals surface area contributed by atoms with Crippen LogP contribution in [0.3, 0.4) is 0 Å². The Bertz CT molecular complexity index is 156. The van der Waals surface area contributed by atoms with E-state index in [0.29, 0.717) is 6.61 Å². The van der Waals surface area contributed by atoms with E-state index in [1.165, 1.54) is 6.92 Å². The zero-order chi connectivity index (χ0) is 8.85. The molecular formula is C7H12O3S. The van der Waals surface area contributed by atoms with E-state index in [9.17, 15) is 9.59 Å². The summed E-state index contributed by atoms with van der Waals surface area (Å²) in [5, 5.41) is -0.604. The highest BCUT2D eigenvalue weighted by Gasteiger charge is 2.16. The Morgan fingerprint density at radius 2 is 2.09 bits per heavy atom. The van der Waals surface area contributed by atoms with Gasteiger partial charge in [-0.05, 0) is 13.8 Å². The van der Waals surface area contributed by atoms with Gasteiger partial charge in [0.15, 0.2) is 0 Å². The van der Waals surface area contributed by atoms with E-state index in [0.717, 1.165) is 0 Å². The highest BCUT2D eigenvalue weighted by atomic mass is 32.1. The van der Waals surface area contributed by atoms with Gasteiger partial charge in [-0.15, -0.1) is 0 Å². The molecule has 3 nitrogen and oxygen atoms in total. The lowest BCUT2D eigenvalue weighted by atomic mass is 10.2. The van der Waals surface area contributed by atoms with Gasteiger partial charge < -0.3 is 4.74 Å². The number of carbonyl (C=O) groups is 2. The summed E-state index contributed by atoms with van der Waals surface area (Å²) in [5.74, 6) is -0.482. The second-order valence-electron chi connectivity index (χ2n) is 2.17. The van der Waals surface area contributed by atoms with Crippen LogP contribution in [-0.4, -0.2) is 23.6 Å². The Morgan fingerprint density at radius 3 is 2.45 bits per heavy atom. The van der Waals surface area contributed by atoms with Crippen molar-refractivity contribution in [2.45, 2.75) is 25.5 Å². The molecule has 0 rings (SSSR count). The van der Waals surface area contributed by atoms with Gasteiger partial charge in [0.1, 0.15) is 11.0 Å². The number of ether oxygens (including phenoxy) is 1. The van der Waals surface area contributed by atoms with Crippen molar-refractivity contribution in [2.24, 2.45) is 0 Å². The maximum Gasteiger partial charge on any atom is 0.319 e. The monoisotopic (exact) mass is 176 g/mol. The minimum absolute atomic E-state index is 0.0574. The fourth-order valence-corrected chi connectivity index (χ4v) is 0.926. The van der Waals surface area contributed by atoms with Crippen molar-refractivity contribution in [1.29, 1.82) is 0 Å². The van der Waals surface area contributed by atoms with Gasteiger partial charge in [0.25, 0.3) is 0 Å². The van der Waals surface area contributed by atoms with E-state index in [-0.39, 0.29) is 12.2 Å². The van der Waals surface area contributed by atoms with Crippen LogP contribution in [0.25, 0.3) is 0 Å². The molecule has 0 aromatic heterocycles. The average molecular weight is 176 g/mol. The van der Waals surface area contributed by atoms with Crippen molar-refractivity contribution < 1.29 is 14.3 Å². The molecule has 0 aromatic rings.